The fourth-order valence-corrected chi connectivity index (χ4v) is 2.63. The minimum Gasteiger partial charge on any atom is -0.391 e. The lowest BCUT2D eigenvalue weighted by Crippen LogP contribution is -2.48. The molecular weight excluding hydrogens is 240 g/mol. The van der Waals surface area contributed by atoms with Crippen LogP contribution >= 0.6 is 0 Å². The van der Waals surface area contributed by atoms with Crippen LogP contribution in [0.1, 0.15) is 25.7 Å². The van der Waals surface area contributed by atoms with Gasteiger partial charge in [0.05, 0.1) is 12.6 Å². The number of rotatable bonds is 7. The summed E-state index contributed by atoms with van der Waals surface area (Å²) in [4.78, 5) is 15.9. The van der Waals surface area contributed by atoms with Gasteiger partial charge in [-0.3, -0.25) is 9.69 Å². The zero-order valence-corrected chi connectivity index (χ0v) is 11.9. The van der Waals surface area contributed by atoms with Gasteiger partial charge in [-0.1, -0.05) is 25.0 Å². The van der Waals surface area contributed by atoms with Crippen molar-refractivity contribution in [2.45, 2.75) is 37.8 Å². The molecule has 4 heteroatoms. The molecule has 0 aromatic carbocycles. The number of hydrogen-bond acceptors (Lipinski definition) is 3. The van der Waals surface area contributed by atoms with Crippen molar-refractivity contribution in [2.24, 2.45) is 0 Å². The molecule has 0 heterocycles. The number of likely N-dealkylation sites (N-methyl/N-ethyl adjacent to an activating group) is 1. The van der Waals surface area contributed by atoms with Crippen LogP contribution < -0.4 is 0 Å². The van der Waals surface area contributed by atoms with Crippen molar-refractivity contribution in [3.05, 3.63) is 25.3 Å². The number of hydrogen-bond donors (Lipinski definition) is 1. The van der Waals surface area contributed by atoms with Crippen molar-refractivity contribution in [2.75, 3.05) is 26.7 Å². The van der Waals surface area contributed by atoms with Crippen LogP contribution in [0, 0.1) is 0 Å². The molecule has 0 aromatic rings. The standard InChI is InChI=1S/C15H26N2O2/c1-4-10-17(11-5-2)15(19)12-16(3)13-8-6-7-9-14(13)18/h4-5,13-14,18H,1-2,6-12H2,3H3. The molecule has 1 N–H and O–H groups in total. The van der Waals surface area contributed by atoms with Crippen LogP contribution in [0.5, 0.6) is 0 Å². The molecule has 0 aliphatic heterocycles. The first-order chi connectivity index (χ1) is 9.10. The SMILES string of the molecule is C=CCN(CC=C)C(=O)CN(C)C1CCCCC1O. The van der Waals surface area contributed by atoms with E-state index in [1.165, 1.54) is 0 Å². The van der Waals surface area contributed by atoms with Crippen LogP contribution in [0.25, 0.3) is 0 Å². The number of carbonyl (C=O) groups is 1. The van der Waals surface area contributed by atoms with Crippen molar-refractivity contribution in [1.82, 2.24) is 9.80 Å². The molecule has 2 atom stereocenters. The van der Waals surface area contributed by atoms with Crippen LogP contribution in [0.15, 0.2) is 25.3 Å². The highest BCUT2D eigenvalue weighted by molar-refractivity contribution is 5.78. The Morgan fingerprint density at radius 2 is 1.84 bits per heavy atom. The normalized spacial score (nSPS) is 23.1. The number of carbonyl (C=O) groups excluding carboxylic acids is 1. The van der Waals surface area contributed by atoms with Gasteiger partial charge in [0.15, 0.2) is 0 Å². The zero-order valence-electron chi connectivity index (χ0n) is 11.9. The molecule has 4 nitrogen and oxygen atoms in total. The van der Waals surface area contributed by atoms with Crippen LogP contribution in [-0.2, 0) is 4.79 Å². The third-order valence-electron chi connectivity index (χ3n) is 3.70. The lowest BCUT2D eigenvalue weighted by Gasteiger charge is -2.35. The average molecular weight is 266 g/mol. The Morgan fingerprint density at radius 1 is 1.26 bits per heavy atom. The van der Waals surface area contributed by atoms with Gasteiger partial charge in [-0.2, -0.15) is 0 Å². The molecule has 2 unspecified atom stereocenters. The second-order valence-electron chi connectivity index (χ2n) is 5.21. The third-order valence-corrected chi connectivity index (χ3v) is 3.70. The van der Waals surface area contributed by atoms with E-state index in [9.17, 15) is 9.90 Å². The third kappa shape index (κ3) is 4.80. The fourth-order valence-electron chi connectivity index (χ4n) is 2.63. The molecule has 0 saturated heterocycles. The van der Waals surface area contributed by atoms with E-state index >= 15 is 0 Å². The Kier molecular flexibility index (Phi) is 6.81. The van der Waals surface area contributed by atoms with Gasteiger partial charge in [-0.15, -0.1) is 13.2 Å². The number of aliphatic hydroxyl groups excluding tert-OH is 1. The Balaban J connectivity index is 2.53. The van der Waals surface area contributed by atoms with Crippen LogP contribution in [0.2, 0.25) is 0 Å². The van der Waals surface area contributed by atoms with Crippen LogP contribution in [-0.4, -0.2) is 59.6 Å². The topological polar surface area (TPSA) is 43.8 Å². The highest BCUT2D eigenvalue weighted by Gasteiger charge is 2.28. The summed E-state index contributed by atoms with van der Waals surface area (Å²) in [6.45, 7) is 8.73. The summed E-state index contributed by atoms with van der Waals surface area (Å²) in [6.07, 6.45) is 7.15. The Bertz CT molecular complexity index is 307. The molecule has 1 fully saturated rings. The first-order valence-corrected chi connectivity index (χ1v) is 6.98. The van der Waals surface area contributed by atoms with Gasteiger partial charge in [0.1, 0.15) is 0 Å². The molecule has 1 amide bonds. The largest absolute Gasteiger partial charge is 0.391 e. The van der Waals surface area contributed by atoms with Gasteiger partial charge >= 0.3 is 0 Å². The molecule has 19 heavy (non-hydrogen) atoms. The van der Waals surface area contributed by atoms with Crippen LogP contribution in [0.4, 0.5) is 0 Å². The maximum absolute atomic E-state index is 12.2. The number of nitrogens with zero attached hydrogens (tertiary/aromatic N) is 2. The highest BCUT2D eigenvalue weighted by Crippen LogP contribution is 2.22. The average Bonchev–Trinajstić information content (AvgIpc) is 2.38. The molecule has 1 saturated carbocycles. The Labute approximate surface area is 116 Å². The number of amides is 1. The quantitative estimate of drug-likeness (QED) is 0.709. The van der Waals surface area contributed by atoms with Gasteiger partial charge in [0, 0.05) is 19.1 Å². The smallest absolute Gasteiger partial charge is 0.237 e. The van der Waals surface area contributed by atoms with E-state index in [1.54, 1.807) is 17.1 Å². The van der Waals surface area contributed by atoms with Crippen LogP contribution in [0.3, 0.4) is 0 Å². The molecule has 1 rings (SSSR count). The van der Waals surface area contributed by atoms with E-state index in [1.807, 2.05) is 11.9 Å². The predicted octanol–water partition coefficient (Wildman–Crippen LogP) is 1.42. The van der Waals surface area contributed by atoms with Gasteiger partial charge in [0.2, 0.25) is 5.91 Å². The van der Waals surface area contributed by atoms with Gasteiger partial charge in [-0.05, 0) is 19.9 Å². The molecule has 0 radical (unpaired) electrons. The minimum absolute atomic E-state index is 0.0556. The molecule has 0 aromatic heterocycles. The summed E-state index contributed by atoms with van der Waals surface area (Å²) in [7, 11) is 1.91. The zero-order chi connectivity index (χ0) is 14.3. The lowest BCUT2D eigenvalue weighted by molar-refractivity contribution is -0.132. The van der Waals surface area contributed by atoms with E-state index in [-0.39, 0.29) is 18.1 Å². The van der Waals surface area contributed by atoms with E-state index in [0.717, 1.165) is 25.7 Å². The summed E-state index contributed by atoms with van der Waals surface area (Å²) in [5.74, 6) is 0.0556. The molecule has 0 spiro atoms. The minimum atomic E-state index is -0.307. The molecular formula is C15H26N2O2. The monoisotopic (exact) mass is 266 g/mol. The first kappa shape index (κ1) is 15.9. The second-order valence-corrected chi connectivity index (χ2v) is 5.21. The Hall–Kier alpha value is -1.13. The van der Waals surface area contributed by atoms with Crippen molar-refractivity contribution in [3.63, 3.8) is 0 Å². The predicted molar refractivity (Wildman–Crippen MR) is 77.9 cm³/mol. The molecule has 108 valence electrons. The maximum atomic E-state index is 12.2. The summed E-state index contributed by atoms with van der Waals surface area (Å²) in [6, 6.07) is 0.104. The van der Waals surface area contributed by atoms with Crippen molar-refractivity contribution in [3.8, 4) is 0 Å². The van der Waals surface area contributed by atoms with Crippen molar-refractivity contribution in [1.29, 1.82) is 0 Å². The summed E-state index contributed by atoms with van der Waals surface area (Å²) in [5, 5.41) is 10.00. The molecule has 1 aliphatic carbocycles. The van der Waals surface area contributed by atoms with E-state index < -0.39 is 0 Å². The van der Waals surface area contributed by atoms with Gasteiger partial charge in [-0.25, -0.2) is 0 Å². The Morgan fingerprint density at radius 3 is 2.37 bits per heavy atom. The van der Waals surface area contributed by atoms with Crippen molar-refractivity contribution < 1.29 is 9.90 Å². The molecule has 1 aliphatic rings. The van der Waals surface area contributed by atoms with Gasteiger partial charge < -0.3 is 10.0 Å². The highest BCUT2D eigenvalue weighted by atomic mass is 16.3. The summed E-state index contributed by atoms with van der Waals surface area (Å²) < 4.78 is 0. The number of aliphatic hydroxyl groups is 1. The van der Waals surface area contributed by atoms with Gasteiger partial charge in [0.25, 0.3) is 0 Å². The summed E-state index contributed by atoms with van der Waals surface area (Å²) >= 11 is 0. The molecule has 0 bridgehead atoms. The van der Waals surface area contributed by atoms with Crippen molar-refractivity contribution >= 4 is 5.91 Å². The fraction of sp³-hybridized carbons (Fsp3) is 0.667. The van der Waals surface area contributed by atoms with E-state index in [0.29, 0.717) is 19.6 Å². The lowest BCUT2D eigenvalue weighted by atomic mass is 9.91. The maximum Gasteiger partial charge on any atom is 0.237 e. The summed E-state index contributed by atoms with van der Waals surface area (Å²) in [5.41, 5.74) is 0. The first-order valence-electron chi connectivity index (χ1n) is 6.98. The van der Waals surface area contributed by atoms with E-state index in [2.05, 4.69) is 13.2 Å². The second kappa shape index (κ2) is 8.12. The van der Waals surface area contributed by atoms with E-state index in [4.69, 9.17) is 0 Å².